The van der Waals surface area contributed by atoms with Gasteiger partial charge in [-0.15, -0.1) is 5.10 Å². The maximum Gasteiger partial charge on any atom is 0.254 e. The van der Waals surface area contributed by atoms with Crippen molar-refractivity contribution >= 4 is 17.3 Å². The molecule has 0 radical (unpaired) electrons. The van der Waals surface area contributed by atoms with Crippen LogP contribution in [0.4, 0.5) is 11.5 Å². The second kappa shape index (κ2) is 7.07. The number of para-hydroxylation sites is 1. The van der Waals surface area contributed by atoms with E-state index in [1.54, 1.807) is 11.6 Å². The van der Waals surface area contributed by atoms with Gasteiger partial charge in [0, 0.05) is 23.0 Å². The molecule has 0 spiro atoms. The first kappa shape index (κ1) is 17.0. The number of nitrogens with zero attached hydrogens (tertiary/aromatic N) is 4. The van der Waals surface area contributed by atoms with E-state index in [-0.39, 0.29) is 0 Å². The molecule has 0 aliphatic heterocycles. The van der Waals surface area contributed by atoms with Crippen LogP contribution in [0.25, 0.3) is 17.2 Å². The van der Waals surface area contributed by atoms with E-state index in [1.807, 2.05) is 43.3 Å². The van der Waals surface area contributed by atoms with Crippen LogP contribution in [-0.2, 0) is 6.42 Å². The van der Waals surface area contributed by atoms with Crippen molar-refractivity contribution in [2.75, 3.05) is 12.4 Å². The van der Waals surface area contributed by atoms with E-state index in [1.165, 1.54) is 5.56 Å². The molecule has 0 fully saturated rings. The van der Waals surface area contributed by atoms with Crippen LogP contribution in [-0.4, -0.2) is 26.7 Å². The zero-order valence-electron chi connectivity index (χ0n) is 15.6. The minimum atomic E-state index is 0.567. The van der Waals surface area contributed by atoms with E-state index >= 15 is 0 Å². The highest BCUT2D eigenvalue weighted by Gasteiger charge is 2.12. The molecule has 6 nitrogen and oxygen atoms in total. The zero-order chi connectivity index (χ0) is 18.8. The monoisotopic (exact) mass is 359 g/mol. The van der Waals surface area contributed by atoms with Crippen LogP contribution in [0.3, 0.4) is 0 Å². The molecule has 0 unspecified atom stereocenters. The smallest absolute Gasteiger partial charge is 0.254 e. The molecule has 4 aromatic rings. The minimum absolute atomic E-state index is 0.567. The highest BCUT2D eigenvalue weighted by atomic mass is 16.5. The Bertz CT molecular complexity index is 1090. The van der Waals surface area contributed by atoms with Crippen molar-refractivity contribution in [3.8, 4) is 17.1 Å². The molecule has 27 heavy (non-hydrogen) atoms. The lowest BCUT2D eigenvalue weighted by Gasteiger charge is -2.12. The van der Waals surface area contributed by atoms with Crippen molar-refractivity contribution in [2.45, 2.75) is 20.3 Å². The van der Waals surface area contributed by atoms with Gasteiger partial charge in [-0.2, -0.15) is 9.50 Å². The molecular formula is C21H21N5O. The van der Waals surface area contributed by atoms with Gasteiger partial charge < -0.3 is 10.1 Å². The average molecular weight is 359 g/mol. The molecule has 2 aromatic carbocycles. The number of rotatable bonds is 5. The molecule has 0 saturated heterocycles. The number of nitrogens with one attached hydrogen (secondary N) is 1. The Morgan fingerprint density at radius 1 is 1.04 bits per heavy atom. The van der Waals surface area contributed by atoms with E-state index in [4.69, 9.17) is 4.74 Å². The largest absolute Gasteiger partial charge is 0.497 e. The van der Waals surface area contributed by atoms with Crippen LogP contribution < -0.4 is 10.1 Å². The standard InChI is InChI=1S/C21H21N5O/c1-4-15-7-5-6-8-18(15)23-19-13-14(2)22-21-24-20(25-26(19)21)16-9-11-17(27-3)12-10-16/h5-13,23H,4H2,1-3H3. The Morgan fingerprint density at radius 2 is 1.81 bits per heavy atom. The fourth-order valence-electron chi connectivity index (χ4n) is 3.03. The molecule has 0 amide bonds. The minimum Gasteiger partial charge on any atom is -0.497 e. The Morgan fingerprint density at radius 3 is 2.56 bits per heavy atom. The molecule has 1 N–H and O–H groups in total. The normalized spacial score (nSPS) is 10.9. The highest BCUT2D eigenvalue weighted by Crippen LogP contribution is 2.24. The summed E-state index contributed by atoms with van der Waals surface area (Å²) in [5.74, 6) is 2.83. The van der Waals surface area contributed by atoms with Crippen molar-refractivity contribution in [1.29, 1.82) is 0 Å². The maximum atomic E-state index is 5.22. The lowest BCUT2D eigenvalue weighted by molar-refractivity contribution is 0.415. The summed E-state index contributed by atoms with van der Waals surface area (Å²) in [6.45, 7) is 4.10. The molecule has 0 aliphatic carbocycles. The van der Waals surface area contributed by atoms with Crippen LogP contribution in [0.5, 0.6) is 5.75 Å². The maximum absolute atomic E-state index is 5.22. The predicted octanol–water partition coefficient (Wildman–Crippen LogP) is 4.41. The van der Waals surface area contributed by atoms with Crippen LogP contribution in [0.1, 0.15) is 18.2 Å². The third kappa shape index (κ3) is 3.33. The summed E-state index contributed by atoms with van der Waals surface area (Å²) in [4.78, 5) is 9.13. The second-order valence-electron chi connectivity index (χ2n) is 6.29. The molecule has 0 aliphatic rings. The van der Waals surface area contributed by atoms with Gasteiger partial charge in [-0.3, -0.25) is 0 Å². The summed E-state index contributed by atoms with van der Waals surface area (Å²) in [6.07, 6.45) is 0.949. The summed E-state index contributed by atoms with van der Waals surface area (Å²) in [7, 11) is 1.65. The van der Waals surface area contributed by atoms with Crippen molar-refractivity contribution in [1.82, 2.24) is 19.6 Å². The first-order chi connectivity index (χ1) is 13.2. The van der Waals surface area contributed by atoms with E-state index < -0.39 is 0 Å². The fraction of sp³-hybridized carbons (Fsp3) is 0.190. The lowest BCUT2D eigenvalue weighted by Crippen LogP contribution is -2.04. The zero-order valence-corrected chi connectivity index (χ0v) is 15.6. The number of methoxy groups -OCH3 is 1. The van der Waals surface area contributed by atoms with E-state index in [2.05, 4.69) is 45.5 Å². The van der Waals surface area contributed by atoms with Crippen molar-refractivity contribution in [3.05, 3.63) is 65.9 Å². The van der Waals surface area contributed by atoms with Crippen LogP contribution in [0.15, 0.2) is 54.6 Å². The van der Waals surface area contributed by atoms with Gasteiger partial charge in [-0.05, 0) is 49.2 Å². The van der Waals surface area contributed by atoms with Gasteiger partial charge in [0.05, 0.1) is 7.11 Å². The molecule has 0 saturated carbocycles. The van der Waals surface area contributed by atoms with E-state index in [0.29, 0.717) is 11.6 Å². The topological polar surface area (TPSA) is 64.3 Å². The highest BCUT2D eigenvalue weighted by molar-refractivity contribution is 5.64. The Balaban J connectivity index is 1.78. The number of anilines is 2. The Kier molecular flexibility index (Phi) is 4.46. The van der Waals surface area contributed by atoms with Gasteiger partial charge in [0.25, 0.3) is 5.78 Å². The number of fused-ring (bicyclic) bond motifs is 1. The summed E-state index contributed by atoms with van der Waals surface area (Å²) in [5.41, 5.74) is 4.11. The van der Waals surface area contributed by atoms with Gasteiger partial charge in [0.15, 0.2) is 5.82 Å². The molecular weight excluding hydrogens is 338 g/mol. The fourth-order valence-corrected chi connectivity index (χ4v) is 3.03. The molecule has 6 heteroatoms. The average Bonchev–Trinajstić information content (AvgIpc) is 3.12. The van der Waals surface area contributed by atoms with Crippen LogP contribution in [0, 0.1) is 6.92 Å². The summed E-state index contributed by atoms with van der Waals surface area (Å²) >= 11 is 0. The van der Waals surface area contributed by atoms with Gasteiger partial charge in [-0.1, -0.05) is 25.1 Å². The summed E-state index contributed by atoms with van der Waals surface area (Å²) < 4.78 is 6.97. The molecule has 2 heterocycles. The molecule has 2 aromatic heterocycles. The number of ether oxygens (including phenoxy) is 1. The Labute approximate surface area is 157 Å². The predicted molar refractivity (Wildman–Crippen MR) is 107 cm³/mol. The first-order valence-electron chi connectivity index (χ1n) is 8.91. The number of hydrogen-bond donors (Lipinski definition) is 1. The lowest BCUT2D eigenvalue weighted by atomic mass is 10.1. The SMILES string of the molecule is CCc1ccccc1Nc1cc(C)nc2nc(-c3ccc(OC)cc3)nn12. The Hall–Kier alpha value is -3.41. The molecule has 0 bridgehead atoms. The third-order valence-corrected chi connectivity index (χ3v) is 4.45. The molecule has 136 valence electrons. The van der Waals surface area contributed by atoms with Gasteiger partial charge in [-0.25, -0.2) is 4.98 Å². The third-order valence-electron chi connectivity index (χ3n) is 4.45. The van der Waals surface area contributed by atoms with Crippen molar-refractivity contribution in [2.24, 2.45) is 0 Å². The van der Waals surface area contributed by atoms with Crippen LogP contribution >= 0.6 is 0 Å². The quantitative estimate of drug-likeness (QED) is 0.572. The molecule has 4 rings (SSSR count). The number of aryl methyl sites for hydroxylation is 2. The van der Waals surface area contributed by atoms with Gasteiger partial charge in [0.2, 0.25) is 0 Å². The van der Waals surface area contributed by atoms with Crippen LogP contribution in [0.2, 0.25) is 0 Å². The van der Waals surface area contributed by atoms with Crippen molar-refractivity contribution in [3.63, 3.8) is 0 Å². The van der Waals surface area contributed by atoms with Gasteiger partial charge >= 0.3 is 0 Å². The van der Waals surface area contributed by atoms with Gasteiger partial charge in [0.1, 0.15) is 11.6 Å². The second-order valence-corrected chi connectivity index (χ2v) is 6.29. The number of hydrogen-bond acceptors (Lipinski definition) is 5. The number of aromatic nitrogens is 4. The van der Waals surface area contributed by atoms with Crippen molar-refractivity contribution < 1.29 is 4.74 Å². The summed E-state index contributed by atoms with van der Waals surface area (Å²) in [6, 6.07) is 17.9. The van der Waals surface area contributed by atoms with E-state index in [0.717, 1.165) is 34.9 Å². The molecule has 0 atom stereocenters. The first-order valence-corrected chi connectivity index (χ1v) is 8.91. The van der Waals surface area contributed by atoms with E-state index in [9.17, 15) is 0 Å². The number of benzene rings is 2. The summed E-state index contributed by atoms with van der Waals surface area (Å²) in [5, 5.41) is 8.16.